The molecule has 0 amide bonds. The molecule has 1 nitrogen and oxygen atoms in total. The van der Waals surface area contributed by atoms with Gasteiger partial charge in [-0.1, -0.05) is 65.5 Å². The molecule has 3 saturated carbocycles. The van der Waals surface area contributed by atoms with Gasteiger partial charge >= 0.3 is 0 Å². The van der Waals surface area contributed by atoms with Crippen molar-refractivity contribution in [3.63, 3.8) is 0 Å². The maximum absolute atomic E-state index is 10.2. The molecule has 0 spiro atoms. The Morgan fingerprint density at radius 3 is 2.54 bits per heavy atom. The third-order valence-electron chi connectivity index (χ3n) is 10.3. The number of aliphatic hydroxyl groups excluding tert-OH is 1. The highest BCUT2D eigenvalue weighted by molar-refractivity contribution is 5.25. The van der Waals surface area contributed by atoms with Gasteiger partial charge in [-0.05, 0) is 97.7 Å². The van der Waals surface area contributed by atoms with Crippen molar-refractivity contribution >= 4 is 0 Å². The van der Waals surface area contributed by atoms with Crippen LogP contribution in [-0.2, 0) is 0 Å². The Morgan fingerprint density at radius 2 is 1.79 bits per heavy atom. The molecule has 0 aliphatic heterocycles. The van der Waals surface area contributed by atoms with E-state index >= 15 is 0 Å². The van der Waals surface area contributed by atoms with Gasteiger partial charge in [0.05, 0.1) is 6.10 Å². The van der Waals surface area contributed by atoms with Crippen LogP contribution in [0.15, 0.2) is 11.6 Å². The van der Waals surface area contributed by atoms with E-state index in [1.54, 1.807) is 5.57 Å². The molecule has 0 bridgehead atoms. The van der Waals surface area contributed by atoms with Crippen molar-refractivity contribution < 1.29 is 5.11 Å². The summed E-state index contributed by atoms with van der Waals surface area (Å²) in [4.78, 5) is 0. The molecule has 0 radical (unpaired) electrons. The lowest BCUT2D eigenvalue weighted by molar-refractivity contribution is -0.0573. The van der Waals surface area contributed by atoms with E-state index in [0.717, 1.165) is 48.3 Å². The molecule has 0 unspecified atom stereocenters. The Hall–Kier alpha value is -0.300. The van der Waals surface area contributed by atoms with Crippen molar-refractivity contribution in [2.75, 3.05) is 0 Å². The predicted molar refractivity (Wildman–Crippen MR) is 119 cm³/mol. The molecule has 28 heavy (non-hydrogen) atoms. The minimum atomic E-state index is -0.0766. The summed E-state index contributed by atoms with van der Waals surface area (Å²) in [6.45, 7) is 12.6. The van der Waals surface area contributed by atoms with Gasteiger partial charge in [-0.2, -0.15) is 0 Å². The summed E-state index contributed by atoms with van der Waals surface area (Å²) in [6.07, 6.45) is 17.2. The summed E-state index contributed by atoms with van der Waals surface area (Å²) in [6, 6.07) is 0. The molecule has 4 rings (SSSR count). The summed E-state index contributed by atoms with van der Waals surface area (Å²) < 4.78 is 0. The Morgan fingerprint density at radius 1 is 1.00 bits per heavy atom. The second-order valence-corrected chi connectivity index (χ2v) is 12.2. The molecule has 0 saturated heterocycles. The molecule has 1 heteroatoms. The molecular formula is C27H46O. The molecule has 0 heterocycles. The van der Waals surface area contributed by atoms with Gasteiger partial charge in [-0.25, -0.2) is 0 Å². The molecule has 160 valence electrons. The summed E-state index contributed by atoms with van der Waals surface area (Å²) >= 11 is 0. The lowest BCUT2D eigenvalue weighted by atomic mass is 9.47. The molecule has 0 aromatic heterocycles. The standard InChI is InChI=1S/C27H46O/c1-18(2)7-6-8-19(3)23-11-12-24-22-10-9-20-17-21(28)13-15-26(20,4)25(22)14-16-27(23,24)5/h9,18-19,21-25,28H,6-8,10-17H2,1-5H3/t19-,21-,22-,23+,24+,25-,26-,27+/m0/s1. The first-order chi connectivity index (χ1) is 13.3. The van der Waals surface area contributed by atoms with E-state index in [4.69, 9.17) is 0 Å². The van der Waals surface area contributed by atoms with E-state index in [9.17, 15) is 5.11 Å². The summed E-state index contributed by atoms with van der Waals surface area (Å²) in [5, 5.41) is 10.2. The number of allylic oxidation sites excluding steroid dienone is 1. The third-order valence-corrected chi connectivity index (χ3v) is 10.3. The second-order valence-electron chi connectivity index (χ2n) is 12.2. The van der Waals surface area contributed by atoms with Gasteiger partial charge in [0.25, 0.3) is 0 Å². The monoisotopic (exact) mass is 386 g/mol. The van der Waals surface area contributed by atoms with Gasteiger partial charge in [0.15, 0.2) is 0 Å². The van der Waals surface area contributed by atoms with Crippen LogP contribution in [0.2, 0.25) is 0 Å². The minimum absolute atomic E-state index is 0.0766. The maximum Gasteiger partial charge on any atom is 0.0577 e. The number of hydrogen-bond acceptors (Lipinski definition) is 1. The lowest BCUT2D eigenvalue weighted by Gasteiger charge is -2.58. The van der Waals surface area contributed by atoms with E-state index in [-0.39, 0.29) is 6.10 Å². The number of fused-ring (bicyclic) bond motifs is 5. The summed E-state index contributed by atoms with van der Waals surface area (Å²) in [7, 11) is 0. The second kappa shape index (κ2) is 7.75. The molecule has 4 aliphatic rings. The highest BCUT2D eigenvalue weighted by Crippen LogP contribution is 2.67. The fraction of sp³-hybridized carbons (Fsp3) is 0.926. The van der Waals surface area contributed by atoms with Gasteiger partial charge < -0.3 is 5.11 Å². The predicted octanol–water partition coefficient (Wildman–Crippen LogP) is 7.39. The first-order valence-electron chi connectivity index (χ1n) is 12.6. The smallest absolute Gasteiger partial charge is 0.0577 e. The number of rotatable bonds is 5. The SMILES string of the molecule is CC(C)CCC[C@H](C)[C@H]1CC[C@@H]2[C@@H]3CC=C4C[C@@H](O)CC[C@]4(C)[C@H]3CC[C@@]21C. The highest BCUT2D eigenvalue weighted by atomic mass is 16.3. The molecule has 1 N–H and O–H groups in total. The largest absolute Gasteiger partial charge is 0.393 e. The van der Waals surface area contributed by atoms with Crippen molar-refractivity contribution in [2.24, 2.45) is 46.3 Å². The van der Waals surface area contributed by atoms with Crippen molar-refractivity contribution in [3.05, 3.63) is 11.6 Å². The topological polar surface area (TPSA) is 20.2 Å². The van der Waals surface area contributed by atoms with Gasteiger partial charge in [-0.15, -0.1) is 0 Å². The van der Waals surface area contributed by atoms with Crippen molar-refractivity contribution in [3.8, 4) is 0 Å². The Labute approximate surface area is 174 Å². The third kappa shape index (κ3) is 3.42. The molecule has 8 atom stereocenters. The van der Waals surface area contributed by atoms with Crippen LogP contribution in [0.4, 0.5) is 0 Å². The zero-order chi connectivity index (χ0) is 20.1. The van der Waals surface area contributed by atoms with Gasteiger partial charge in [0.1, 0.15) is 0 Å². The lowest BCUT2D eigenvalue weighted by Crippen LogP contribution is -2.50. The summed E-state index contributed by atoms with van der Waals surface area (Å²) in [5.74, 6) is 5.46. The molecular weight excluding hydrogens is 340 g/mol. The van der Waals surface area contributed by atoms with Crippen LogP contribution in [0.5, 0.6) is 0 Å². The Bertz CT molecular complexity index is 591. The fourth-order valence-electron chi connectivity index (χ4n) is 8.67. The Kier molecular flexibility index (Phi) is 5.80. The van der Waals surface area contributed by atoms with Crippen LogP contribution in [0.3, 0.4) is 0 Å². The van der Waals surface area contributed by atoms with Crippen LogP contribution in [0, 0.1) is 46.3 Å². The average Bonchev–Trinajstić information content (AvgIpc) is 2.99. The van der Waals surface area contributed by atoms with E-state index in [2.05, 4.69) is 40.7 Å². The number of hydrogen-bond donors (Lipinski definition) is 1. The summed E-state index contributed by atoms with van der Waals surface area (Å²) in [5.41, 5.74) is 2.60. The minimum Gasteiger partial charge on any atom is -0.393 e. The van der Waals surface area contributed by atoms with E-state index in [1.807, 2.05) is 0 Å². The molecule has 0 aromatic carbocycles. The number of aliphatic hydroxyl groups is 1. The van der Waals surface area contributed by atoms with Gasteiger partial charge in [0, 0.05) is 0 Å². The van der Waals surface area contributed by atoms with E-state index in [1.165, 1.54) is 57.8 Å². The van der Waals surface area contributed by atoms with E-state index in [0.29, 0.717) is 10.8 Å². The molecule has 3 fully saturated rings. The van der Waals surface area contributed by atoms with E-state index < -0.39 is 0 Å². The van der Waals surface area contributed by atoms with Crippen molar-refractivity contribution in [1.29, 1.82) is 0 Å². The van der Waals surface area contributed by atoms with Crippen LogP contribution in [-0.4, -0.2) is 11.2 Å². The zero-order valence-electron chi connectivity index (χ0n) is 19.3. The van der Waals surface area contributed by atoms with Crippen LogP contribution < -0.4 is 0 Å². The first kappa shape index (κ1) is 21.0. The van der Waals surface area contributed by atoms with Crippen LogP contribution in [0.25, 0.3) is 0 Å². The van der Waals surface area contributed by atoms with Gasteiger partial charge in [0.2, 0.25) is 0 Å². The van der Waals surface area contributed by atoms with Crippen molar-refractivity contribution in [1.82, 2.24) is 0 Å². The van der Waals surface area contributed by atoms with Crippen LogP contribution in [0.1, 0.15) is 105 Å². The molecule has 0 aromatic rings. The van der Waals surface area contributed by atoms with Crippen LogP contribution >= 0.6 is 0 Å². The molecule has 4 aliphatic carbocycles. The first-order valence-corrected chi connectivity index (χ1v) is 12.6. The Balaban J connectivity index is 1.49. The van der Waals surface area contributed by atoms with Crippen molar-refractivity contribution in [2.45, 2.75) is 111 Å². The highest BCUT2D eigenvalue weighted by Gasteiger charge is 2.59. The van der Waals surface area contributed by atoms with Gasteiger partial charge in [-0.3, -0.25) is 0 Å². The zero-order valence-corrected chi connectivity index (χ0v) is 19.3. The fourth-order valence-corrected chi connectivity index (χ4v) is 8.67. The average molecular weight is 387 g/mol. The normalized spacial score (nSPS) is 46.5. The maximum atomic E-state index is 10.2. The quantitative estimate of drug-likeness (QED) is 0.488.